The van der Waals surface area contributed by atoms with Gasteiger partial charge in [0.25, 0.3) is 0 Å². The molecule has 5 nitrogen and oxygen atoms in total. The molecule has 0 saturated heterocycles. The van der Waals surface area contributed by atoms with E-state index in [0.29, 0.717) is 36.5 Å². The average molecular weight is 421 g/mol. The number of hydrogen-bond acceptors (Lipinski definition) is 5. The molecule has 0 amide bonds. The van der Waals surface area contributed by atoms with E-state index in [0.717, 1.165) is 44.9 Å². The van der Waals surface area contributed by atoms with Gasteiger partial charge in [0.1, 0.15) is 6.10 Å². The average Bonchev–Trinajstić information content (AvgIpc) is 3.08. The predicted molar refractivity (Wildman–Crippen MR) is 113 cm³/mol. The van der Waals surface area contributed by atoms with Crippen LogP contribution in [0.4, 0.5) is 0 Å². The summed E-state index contributed by atoms with van der Waals surface area (Å²) in [6.45, 7) is 6.91. The monoisotopic (exact) mass is 420 g/mol. The van der Waals surface area contributed by atoms with Crippen LogP contribution >= 0.6 is 0 Å². The summed E-state index contributed by atoms with van der Waals surface area (Å²) in [5, 5.41) is 21.2. The molecule has 0 bridgehead atoms. The number of aliphatic hydroxyl groups is 2. The van der Waals surface area contributed by atoms with Crippen LogP contribution in [0, 0.1) is 46.3 Å². The van der Waals surface area contributed by atoms with Crippen LogP contribution in [0.2, 0.25) is 0 Å². The van der Waals surface area contributed by atoms with Crippen molar-refractivity contribution in [2.24, 2.45) is 46.3 Å². The molecule has 4 aliphatic carbocycles. The molecule has 4 saturated carbocycles. The number of hydrogen-bond donors (Lipinski definition) is 2. The Morgan fingerprint density at radius 1 is 1.07 bits per heavy atom. The lowest BCUT2D eigenvalue weighted by Gasteiger charge is -2.61. The molecule has 0 radical (unpaired) electrons. The van der Waals surface area contributed by atoms with Gasteiger partial charge in [0.2, 0.25) is 0 Å². The Morgan fingerprint density at radius 2 is 1.73 bits per heavy atom. The predicted octanol–water partition coefficient (Wildman–Crippen LogP) is 3.75. The van der Waals surface area contributed by atoms with Crippen LogP contribution in [0.5, 0.6) is 0 Å². The quantitative estimate of drug-likeness (QED) is 0.677. The third-order valence-corrected chi connectivity index (χ3v) is 10.3. The Hall–Kier alpha value is -0.940. The molecular formula is C25H40O5. The SMILES string of the molecule is COC(=O)CC[C@@H](C)[C@H]1CC[C@H]2[C@@H]3C(=O)[C@H](O)[C@@H]4C[C@H](O)CC[C@]4(C)[C@H]3CC[C@]12C. The second-order valence-corrected chi connectivity index (χ2v) is 11.4. The number of ether oxygens (including phenoxy) is 1. The maximum atomic E-state index is 13.5. The van der Waals surface area contributed by atoms with Crippen molar-refractivity contribution in [1.82, 2.24) is 0 Å². The van der Waals surface area contributed by atoms with Crippen LogP contribution in [-0.2, 0) is 14.3 Å². The van der Waals surface area contributed by atoms with Gasteiger partial charge in [-0.25, -0.2) is 0 Å². The van der Waals surface area contributed by atoms with Crippen molar-refractivity contribution in [2.45, 2.75) is 90.8 Å². The minimum Gasteiger partial charge on any atom is -0.469 e. The Bertz CT molecular complexity index is 691. The van der Waals surface area contributed by atoms with Gasteiger partial charge in [-0.15, -0.1) is 0 Å². The maximum Gasteiger partial charge on any atom is 0.305 e. The van der Waals surface area contributed by atoms with E-state index in [1.807, 2.05) is 0 Å². The summed E-state index contributed by atoms with van der Waals surface area (Å²) < 4.78 is 4.83. The van der Waals surface area contributed by atoms with E-state index in [9.17, 15) is 19.8 Å². The number of carbonyl (C=O) groups is 2. The fraction of sp³-hybridized carbons (Fsp3) is 0.920. The lowest BCUT2D eigenvalue weighted by atomic mass is 9.43. The van der Waals surface area contributed by atoms with Crippen molar-refractivity contribution in [3.05, 3.63) is 0 Å². The van der Waals surface area contributed by atoms with E-state index in [4.69, 9.17) is 4.74 Å². The highest BCUT2D eigenvalue weighted by Crippen LogP contribution is 2.67. The smallest absolute Gasteiger partial charge is 0.305 e. The number of fused-ring (bicyclic) bond motifs is 5. The summed E-state index contributed by atoms with van der Waals surface area (Å²) >= 11 is 0. The molecule has 2 N–H and O–H groups in total. The van der Waals surface area contributed by atoms with Crippen LogP contribution in [0.1, 0.15) is 78.6 Å². The fourth-order valence-electron chi connectivity index (χ4n) is 8.59. The van der Waals surface area contributed by atoms with Gasteiger partial charge in [-0.1, -0.05) is 20.8 Å². The number of aliphatic hydroxyl groups excluding tert-OH is 2. The van der Waals surface area contributed by atoms with E-state index in [1.165, 1.54) is 7.11 Å². The zero-order chi connectivity index (χ0) is 21.8. The first-order valence-electron chi connectivity index (χ1n) is 12.1. The molecule has 4 fully saturated rings. The van der Waals surface area contributed by atoms with E-state index in [-0.39, 0.29) is 40.5 Å². The van der Waals surface area contributed by atoms with E-state index in [1.54, 1.807) is 0 Å². The van der Waals surface area contributed by atoms with Gasteiger partial charge in [-0.05, 0) is 85.9 Å². The number of rotatable bonds is 4. The molecule has 0 unspecified atom stereocenters. The Kier molecular flexibility index (Phi) is 5.85. The summed E-state index contributed by atoms with van der Waals surface area (Å²) in [4.78, 5) is 25.1. The molecule has 0 heterocycles. The Labute approximate surface area is 180 Å². The van der Waals surface area contributed by atoms with Crippen molar-refractivity contribution >= 4 is 11.8 Å². The van der Waals surface area contributed by atoms with Crippen LogP contribution in [0.25, 0.3) is 0 Å². The van der Waals surface area contributed by atoms with Crippen molar-refractivity contribution in [3.8, 4) is 0 Å². The Morgan fingerprint density at radius 3 is 2.43 bits per heavy atom. The van der Waals surface area contributed by atoms with Crippen molar-refractivity contribution in [3.63, 3.8) is 0 Å². The number of esters is 1. The first kappa shape index (κ1) is 22.3. The molecule has 10 atom stereocenters. The van der Waals surface area contributed by atoms with Crippen LogP contribution < -0.4 is 0 Å². The molecule has 30 heavy (non-hydrogen) atoms. The summed E-state index contributed by atoms with van der Waals surface area (Å²) in [5.41, 5.74) is 0.0522. The Balaban J connectivity index is 1.57. The maximum absolute atomic E-state index is 13.5. The molecule has 0 aromatic rings. The van der Waals surface area contributed by atoms with Crippen LogP contribution in [-0.4, -0.2) is 41.3 Å². The minimum atomic E-state index is -0.927. The van der Waals surface area contributed by atoms with E-state index >= 15 is 0 Å². The fourth-order valence-corrected chi connectivity index (χ4v) is 8.59. The first-order valence-corrected chi connectivity index (χ1v) is 12.1. The summed E-state index contributed by atoms with van der Waals surface area (Å²) in [7, 11) is 1.44. The van der Waals surface area contributed by atoms with Crippen molar-refractivity contribution < 1.29 is 24.5 Å². The van der Waals surface area contributed by atoms with Gasteiger partial charge in [0.05, 0.1) is 13.2 Å². The van der Waals surface area contributed by atoms with Gasteiger partial charge in [-0.3, -0.25) is 9.59 Å². The van der Waals surface area contributed by atoms with E-state index < -0.39 is 6.10 Å². The summed E-state index contributed by atoms with van der Waals surface area (Å²) in [5.74, 6) is 1.35. The number of Topliss-reactive ketones (excluding diaryl/α,β-unsaturated/α-hetero) is 1. The van der Waals surface area contributed by atoms with E-state index in [2.05, 4.69) is 20.8 Å². The normalized spacial score (nSPS) is 49.0. The summed E-state index contributed by atoms with van der Waals surface area (Å²) in [6.07, 6.45) is 6.55. The van der Waals surface area contributed by atoms with Gasteiger partial charge in [0, 0.05) is 18.3 Å². The summed E-state index contributed by atoms with van der Waals surface area (Å²) in [6, 6.07) is 0. The van der Waals surface area contributed by atoms with Gasteiger partial charge in [-0.2, -0.15) is 0 Å². The third kappa shape index (κ3) is 3.26. The van der Waals surface area contributed by atoms with Gasteiger partial charge < -0.3 is 14.9 Å². The largest absolute Gasteiger partial charge is 0.469 e. The van der Waals surface area contributed by atoms with Gasteiger partial charge >= 0.3 is 5.97 Å². The number of ketones is 1. The molecule has 0 spiro atoms. The van der Waals surface area contributed by atoms with Crippen LogP contribution in [0.3, 0.4) is 0 Å². The molecular weight excluding hydrogens is 380 g/mol. The molecule has 4 aliphatic rings. The molecule has 5 heteroatoms. The van der Waals surface area contributed by atoms with Gasteiger partial charge in [0.15, 0.2) is 5.78 Å². The molecule has 0 aromatic carbocycles. The lowest BCUT2D eigenvalue weighted by Crippen LogP contribution is -2.62. The second kappa shape index (κ2) is 7.88. The van der Waals surface area contributed by atoms with Crippen molar-refractivity contribution in [1.29, 1.82) is 0 Å². The zero-order valence-corrected chi connectivity index (χ0v) is 19.1. The van der Waals surface area contributed by atoms with Crippen LogP contribution in [0.15, 0.2) is 0 Å². The minimum absolute atomic E-state index is 0.0481. The zero-order valence-electron chi connectivity index (χ0n) is 19.1. The highest BCUT2D eigenvalue weighted by Gasteiger charge is 2.65. The molecule has 0 aliphatic heterocycles. The number of carbonyl (C=O) groups excluding carboxylic acids is 2. The number of methoxy groups -OCH3 is 1. The lowest BCUT2D eigenvalue weighted by molar-refractivity contribution is -0.184. The first-order chi connectivity index (χ1) is 14.1. The second-order valence-electron chi connectivity index (χ2n) is 11.4. The molecule has 4 rings (SSSR count). The third-order valence-electron chi connectivity index (χ3n) is 10.3. The molecule has 170 valence electrons. The standard InChI is InChI=1S/C25H40O5/c1-14(5-8-20(27)30-4)16-6-7-17-21-18(10-12-24(16,17)2)25(3)11-9-15(26)13-19(25)22(28)23(21)29/h14-19,21-22,26,28H,5-13H2,1-4H3/t14-,15-,16-,17+,18+,19+,21+,22-,24-,25-/m1/s1. The topological polar surface area (TPSA) is 83.8 Å². The molecule has 0 aromatic heterocycles. The van der Waals surface area contributed by atoms with Crippen molar-refractivity contribution in [2.75, 3.05) is 7.11 Å². The highest BCUT2D eigenvalue weighted by atomic mass is 16.5. The highest BCUT2D eigenvalue weighted by molar-refractivity contribution is 5.87.